The number of nitrogens with one attached hydrogen (secondary N) is 1. The monoisotopic (exact) mass is 473 g/mol. The smallest absolute Gasteiger partial charge is 0.405 e. The fourth-order valence-corrected chi connectivity index (χ4v) is 3.77. The summed E-state index contributed by atoms with van der Waals surface area (Å²) in [5.41, 5.74) is 0.234. The third kappa shape index (κ3) is 5.56. The number of hydrogen-bond donors (Lipinski definition) is 2. The molecule has 0 radical (unpaired) electrons. The number of Topliss-reactive ketones (excluding diaryl/α,β-unsaturated/α-hetero) is 2. The molecule has 1 aromatic carbocycles. The van der Waals surface area contributed by atoms with E-state index in [9.17, 15) is 23.2 Å². The predicted octanol–water partition coefficient (Wildman–Crippen LogP) is 4.39. The van der Waals surface area contributed by atoms with Gasteiger partial charge >= 0.3 is 6.09 Å². The first kappa shape index (κ1) is 24.8. The second-order valence-electron chi connectivity index (χ2n) is 8.74. The van der Waals surface area contributed by atoms with Gasteiger partial charge in [0.2, 0.25) is 0 Å². The van der Waals surface area contributed by atoms with Gasteiger partial charge in [0.1, 0.15) is 29.7 Å². The highest BCUT2D eigenvalue weighted by Gasteiger charge is 2.27. The number of benzene rings is 1. The number of aryl methyl sites for hydroxylation is 2. The number of imidazole rings is 1. The lowest BCUT2D eigenvalue weighted by Gasteiger charge is -2.23. The van der Waals surface area contributed by atoms with E-state index in [4.69, 9.17) is 9.84 Å². The molecule has 2 heterocycles. The third-order valence-electron chi connectivity index (χ3n) is 5.14. The maximum absolute atomic E-state index is 14.0. The van der Waals surface area contributed by atoms with Crippen molar-refractivity contribution in [2.75, 3.05) is 0 Å². The van der Waals surface area contributed by atoms with Crippen LogP contribution < -0.4 is 10.1 Å². The van der Waals surface area contributed by atoms with Crippen molar-refractivity contribution in [2.24, 2.45) is 0 Å². The van der Waals surface area contributed by atoms with Gasteiger partial charge in [-0.25, -0.2) is 18.6 Å². The Kier molecular flexibility index (Phi) is 6.99. The maximum atomic E-state index is 14.0. The van der Waals surface area contributed by atoms with Gasteiger partial charge in [-0.05, 0) is 51.5 Å². The average Bonchev–Trinajstić information content (AvgIpc) is 3.01. The van der Waals surface area contributed by atoms with Gasteiger partial charge in [0.25, 0.3) is 0 Å². The largest absolute Gasteiger partial charge is 0.485 e. The minimum atomic E-state index is -1.26. The van der Waals surface area contributed by atoms with Crippen LogP contribution in [0, 0.1) is 25.5 Å². The average molecular weight is 473 g/mol. The summed E-state index contributed by atoms with van der Waals surface area (Å²) in [6, 6.07) is 5.16. The van der Waals surface area contributed by atoms with E-state index in [1.165, 1.54) is 10.5 Å². The number of aromatic nitrogens is 2. The Balaban J connectivity index is 1.86. The number of ether oxygens (including phenoxy) is 1. The topological polar surface area (TPSA) is 110 Å². The molecule has 10 heteroatoms. The molecule has 0 aliphatic carbocycles. The molecule has 3 rings (SSSR count). The first-order chi connectivity index (χ1) is 15.9. The van der Waals surface area contributed by atoms with Crippen LogP contribution in [0.2, 0.25) is 0 Å². The minimum absolute atomic E-state index is 0.164. The number of rotatable bonds is 9. The third-order valence-corrected chi connectivity index (χ3v) is 5.14. The summed E-state index contributed by atoms with van der Waals surface area (Å²) in [5.74, 6) is -2.17. The first-order valence-corrected chi connectivity index (χ1v) is 10.5. The SMILES string of the molecule is Cc1cc(OCc2c(F)cccc2F)c2nc(C)c(C(=O)CC(=O)CC(C)(C)NC(=O)O)n2c1. The number of amides is 1. The number of hydrogen-bond acceptors (Lipinski definition) is 5. The Morgan fingerprint density at radius 2 is 1.82 bits per heavy atom. The number of ketones is 2. The summed E-state index contributed by atoms with van der Waals surface area (Å²) in [6.45, 7) is 6.08. The molecule has 0 saturated heterocycles. The second-order valence-corrected chi connectivity index (χ2v) is 8.74. The molecule has 0 atom stereocenters. The van der Waals surface area contributed by atoms with Crippen molar-refractivity contribution in [1.82, 2.24) is 14.7 Å². The minimum Gasteiger partial charge on any atom is -0.485 e. The Hall–Kier alpha value is -3.82. The van der Waals surface area contributed by atoms with E-state index in [1.807, 2.05) is 0 Å². The van der Waals surface area contributed by atoms with Gasteiger partial charge < -0.3 is 15.2 Å². The van der Waals surface area contributed by atoms with Crippen LogP contribution >= 0.6 is 0 Å². The number of halogens is 2. The Bertz CT molecular complexity index is 1260. The van der Waals surface area contributed by atoms with Gasteiger partial charge in [0, 0.05) is 18.2 Å². The molecule has 2 aromatic heterocycles. The molecule has 180 valence electrons. The number of pyridine rings is 1. The molecule has 0 aliphatic heterocycles. The van der Waals surface area contributed by atoms with Crippen LogP contribution in [0.3, 0.4) is 0 Å². The lowest BCUT2D eigenvalue weighted by Crippen LogP contribution is -2.44. The Labute approximate surface area is 194 Å². The van der Waals surface area contributed by atoms with Crippen LogP contribution in [0.25, 0.3) is 5.65 Å². The molecule has 2 N–H and O–H groups in total. The van der Waals surface area contributed by atoms with Crippen molar-refractivity contribution in [3.05, 3.63) is 64.6 Å². The summed E-state index contributed by atoms with van der Waals surface area (Å²) >= 11 is 0. The summed E-state index contributed by atoms with van der Waals surface area (Å²) in [5, 5.41) is 11.1. The van der Waals surface area contributed by atoms with Gasteiger partial charge in [0.15, 0.2) is 17.2 Å². The number of carboxylic acid groups (broad SMARTS) is 1. The molecule has 0 aliphatic rings. The van der Waals surface area contributed by atoms with Crippen molar-refractivity contribution < 1.29 is 33.0 Å². The van der Waals surface area contributed by atoms with E-state index in [2.05, 4.69) is 10.3 Å². The summed E-state index contributed by atoms with van der Waals surface area (Å²) in [7, 11) is 0. The molecule has 3 aromatic rings. The lowest BCUT2D eigenvalue weighted by atomic mass is 9.95. The molecular weight excluding hydrogens is 448 g/mol. The summed E-state index contributed by atoms with van der Waals surface area (Å²) in [4.78, 5) is 40.7. The molecule has 34 heavy (non-hydrogen) atoms. The van der Waals surface area contributed by atoms with E-state index < -0.39 is 41.3 Å². The van der Waals surface area contributed by atoms with Crippen molar-refractivity contribution in [3.8, 4) is 5.75 Å². The molecule has 0 saturated carbocycles. The molecule has 1 amide bonds. The fraction of sp³-hybridized carbons (Fsp3) is 0.333. The van der Waals surface area contributed by atoms with E-state index in [-0.39, 0.29) is 35.7 Å². The Morgan fingerprint density at radius 3 is 2.44 bits per heavy atom. The van der Waals surface area contributed by atoms with Gasteiger partial charge in [-0.1, -0.05) is 6.07 Å². The zero-order valence-electron chi connectivity index (χ0n) is 19.2. The number of nitrogens with zero attached hydrogens (tertiary/aromatic N) is 2. The first-order valence-electron chi connectivity index (χ1n) is 10.5. The van der Waals surface area contributed by atoms with E-state index in [0.717, 1.165) is 12.1 Å². The van der Waals surface area contributed by atoms with Crippen molar-refractivity contribution >= 4 is 23.3 Å². The normalized spacial score (nSPS) is 11.5. The second kappa shape index (κ2) is 9.58. The van der Waals surface area contributed by atoms with Crippen LogP contribution in [0.15, 0.2) is 30.5 Å². The molecule has 0 fully saturated rings. The van der Waals surface area contributed by atoms with Crippen molar-refractivity contribution in [2.45, 2.75) is 52.7 Å². The van der Waals surface area contributed by atoms with Crippen molar-refractivity contribution in [1.29, 1.82) is 0 Å². The van der Waals surface area contributed by atoms with Gasteiger partial charge in [-0.15, -0.1) is 0 Å². The molecule has 0 spiro atoms. The number of fused-ring (bicyclic) bond motifs is 1. The zero-order valence-corrected chi connectivity index (χ0v) is 19.2. The molecule has 8 nitrogen and oxygen atoms in total. The van der Waals surface area contributed by atoms with Gasteiger partial charge in [-0.3, -0.25) is 14.0 Å². The van der Waals surface area contributed by atoms with Crippen LogP contribution in [-0.4, -0.2) is 37.7 Å². The summed E-state index contributed by atoms with van der Waals surface area (Å²) in [6.07, 6.45) is -0.216. The highest BCUT2D eigenvalue weighted by Crippen LogP contribution is 2.27. The highest BCUT2D eigenvalue weighted by molar-refractivity contribution is 6.08. The lowest BCUT2D eigenvalue weighted by molar-refractivity contribution is -0.119. The number of carbonyl (C=O) groups is 3. The van der Waals surface area contributed by atoms with E-state index in [0.29, 0.717) is 11.3 Å². The molecule has 0 unspecified atom stereocenters. The maximum Gasteiger partial charge on any atom is 0.405 e. The Morgan fingerprint density at radius 1 is 1.18 bits per heavy atom. The van der Waals surface area contributed by atoms with Gasteiger partial charge in [0.05, 0.1) is 17.7 Å². The quantitative estimate of drug-likeness (QED) is 0.352. The van der Waals surface area contributed by atoms with E-state index >= 15 is 0 Å². The van der Waals surface area contributed by atoms with Crippen LogP contribution in [-0.2, 0) is 11.4 Å². The van der Waals surface area contributed by atoms with Crippen LogP contribution in [0.4, 0.5) is 13.6 Å². The van der Waals surface area contributed by atoms with Crippen LogP contribution in [0.5, 0.6) is 5.75 Å². The highest BCUT2D eigenvalue weighted by atomic mass is 19.1. The molecular formula is C24H25F2N3O5. The number of carbonyl (C=O) groups excluding carboxylic acids is 2. The molecule has 0 bridgehead atoms. The zero-order chi connectivity index (χ0) is 25.2. The standard InChI is InChI=1S/C24H25F2N3O5/c1-13-8-20(34-12-16-17(25)6-5-7-18(16)26)22-27-14(2)21(29(22)11-13)19(31)9-15(30)10-24(3,4)28-23(32)33/h5-8,11,28H,9-10,12H2,1-4H3,(H,32,33). The summed E-state index contributed by atoms with van der Waals surface area (Å²) < 4.78 is 35.1. The van der Waals surface area contributed by atoms with Gasteiger partial charge in [-0.2, -0.15) is 0 Å². The van der Waals surface area contributed by atoms with Crippen molar-refractivity contribution in [3.63, 3.8) is 0 Å². The van der Waals surface area contributed by atoms with E-state index in [1.54, 1.807) is 40.0 Å². The predicted molar refractivity (Wildman–Crippen MR) is 119 cm³/mol. The fourth-order valence-electron chi connectivity index (χ4n) is 3.77. The van der Waals surface area contributed by atoms with Crippen LogP contribution in [0.1, 0.15) is 54.0 Å².